The Hall–Kier alpha value is -1.10. The van der Waals surface area contributed by atoms with Crippen LogP contribution in [0.25, 0.3) is 0 Å². The van der Waals surface area contributed by atoms with Crippen molar-refractivity contribution in [2.75, 3.05) is 26.2 Å². The van der Waals surface area contributed by atoms with E-state index in [1.54, 1.807) is 0 Å². The molecule has 5 heteroatoms. The van der Waals surface area contributed by atoms with E-state index >= 15 is 0 Å². The molecule has 0 radical (unpaired) electrons. The molecule has 19 heavy (non-hydrogen) atoms. The third kappa shape index (κ3) is 3.08. The molecule has 2 unspecified atom stereocenters. The lowest BCUT2D eigenvalue weighted by Gasteiger charge is -2.31. The Bertz CT molecular complexity index is 362. The van der Waals surface area contributed by atoms with E-state index in [9.17, 15) is 9.59 Å². The molecule has 0 aromatic carbocycles. The van der Waals surface area contributed by atoms with Crippen LogP contribution in [-0.2, 0) is 9.59 Å². The second kappa shape index (κ2) is 5.49. The second-order valence-electron chi connectivity index (χ2n) is 6.14. The van der Waals surface area contributed by atoms with Crippen LogP contribution in [0.15, 0.2) is 0 Å². The molecule has 0 spiro atoms. The van der Waals surface area contributed by atoms with Gasteiger partial charge in [-0.3, -0.25) is 9.59 Å². The predicted octanol–water partition coefficient (Wildman–Crippen LogP) is 0.113. The van der Waals surface area contributed by atoms with E-state index in [4.69, 9.17) is 0 Å². The molecule has 1 aliphatic carbocycles. The van der Waals surface area contributed by atoms with Crippen molar-refractivity contribution in [1.82, 2.24) is 15.5 Å². The fraction of sp³-hybridized carbons (Fsp3) is 0.857. The molecule has 2 amide bonds. The zero-order valence-corrected chi connectivity index (χ0v) is 11.4. The monoisotopic (exact) mass is 265 g/mol. The third-order valence-corrected chi connectivity index (χ3v) is 4.45. The minimum atomic E-state index is -0.121. The predicted molar refractivity (Wildman–Crippen MR) is 71.4 cm³/mol. The Morgan fingerprint density at radius 3 is 2.68 bits per heavy atom. The summed E-state index contributed by atoms with van der Waals surface area (Å²) in [7, 11) is 0. The Balaban J connectivity index is 1.60. The summed E-state index contributed by atoms with van der Waals surface area (Å²) < 4.78 is 0. The maximum atomic E-state index is 12.6. The smallest absolute Gasteiger partial charge is 0.228 e. The van der Waals surface area contributed by atoms with Gasteiger partial charge in [-0.2, -0.15) is 0 Å². The first-order chi connectivity index (χ1) is 9.24. The van der Waals surface area contributed by atoms with Crippen LogP contribution in [0.4, 0.5) is 0 Å². The average Bonchev–Trinajstić information content (AvgIpc) is 3.18. The van der Waals surface area contributed by atoms with Gasteiger partial charge in [0.2, 0.25) is 11.8 Å². The van der Waals surface area contributed by atoms with E-state index in [1.165, 1.54) is 12.8 Å². The highest BCUT2D eigenvalue weighted by molar-refractivity contribution is 5.89. The highest BCUT2D eigenvalue weighted by Gasteiger charge is 2.39. The van der Waals surface area contributed by atoms with Gasteiger partial charge in [0.25, 0.3) is 0 Å². The van der Waals surface area contributed by atoms with Crippen molar-refractivity contribution in [3.8, 4) is 0 Å². The molecule has 0 aromatic rings. The van der Waals surface area contributed by atoms with Crippen LogP contribution in [0, 0.1) is 11.8 Å². The summed E-state index contributed by atoms with van der Waals surface area (Å²) >= 11 is 0. The molecule has 2 saturated heterocycles. The standard InChI is InChI=1S/C14H23N3O2/c18-13-6-11(8-16-13)14(19)17(12-3-4-12)9-10-2-1-5-15-7-10/h10-12,15H,1-9H2,(H,16,18). The number of carbonyl (C=O) groups excluding carboxylic acids is 2. The lowest BCUT2D eigenvalue weighted by molar-refractivity contribution is -0.137. The number of nitrogens with one attached hydrogen (secondary N) is 2. The maximum Gasteiger partial charge on any atom is 0.228 e. The zero-order valence-electron chi connectivity index (χ0n) is 11.4. The van der Waals surface area contributed by atoms with Gasteiger partial charge in [0.15, 0.2) is 0 Å². The number of amides is 2. The lowest BCUT2D eigenvalue weighted by Crippen LogP contribution is -2.44. The van der Waals surface area contributed by atoms with Crippen LogP contribution in [0.1, 0.15) is 32.1 Å². The largest absolute Gasteiger partial charge is 0.355 e. The molecule has 2 aliphatic heterocycles. The van der Waals surface area contributed by atoms with Crippen molar-refractivity contribution in [3.63, 3.8) is 0 Å². The summed E-state index contributed by atoms with van der Waals surface area (Å²) in [5.41, 5.74) is 0. The Morgan fingerprint density at radius 2 is 2.11 bits per heavy atom. The van der Waals surface area contributed by atoms with Gasteiger partial charge in [-0.15, -0.1) is 0 Å². The molecule has 3 fully saturated rings. The summed E-state index contributed by atoms with van der Waals surface area (Å²) in [5, 5.41) is 6.18. The van der Waals surface area contributed by atoms with E-state index in [0.717, 1.165) is 32.5 Å². The van der Waals surface area contributed by atoms with E-state index in [0.29, 0.717) is 24.9 Å². The number of hydrogen-bond acceptors (Lipinski definition) is 3. The fourth-order valence-electron chi connectivity index (χ4n) is 3.18. The van der Waals surface area contributed by atoms with Crippen molar-refractivity contribution >= 4 is 11.8 Å². The first-order valence-corrected chi connectivity index (χ1v) is 7.52. The van der Waals surface area contributed by atoms with Gasteiger partial charge in [-0.1, -0.05) is 0 Å². The molecule has 106 valence electrons. The summed E-state index contributed by atoms with van der Waals surface area (Å²) in [6.45, 7) is 3.54. The quantitative estimate of drug-likeness (QED) is 0.758. The van der Waals surface area contributed by atoms with Crippen molar-refractivity contribution in [1.29, 1.82) is 0 Å². The van der Waals surface area contributed by atoms with E-state index in [-0.39, 0.29) is 17.7 Å². The van der Waals surface area contributed by atoms with Gasteiger partial charge in [-0.05, 0) is 44.7 Å². The molecule has 0 aromatic heterocycles. The van der Waals surface area contributed by atoms with E-state index < -0.39 is 0 Å². The summed E-state index contributed by atoms with van der Waals surface area (Å²) in [6.07, 6.45) is 5.08. The molecule has 3 aliphatic rings. The van der Waals surface area contributed by atoms with Crippen LogP contribution in [0.3, 0.4) is 0 Å². The van der Waals surface area contributed by atoms with Gasteiger partial charge < -0.3 is 15.5 Å². The molecule has 2 atom stereocenters. The van der Waals surface area contributed by atoms with Crippen LogP contribution in [-0.4, -0.2) is 48.9 Å². The number of piperidine rings is 1. The van der Waals surface area contributed by atoms with Crippen LogP contribution in [0.2, 0.25) is 0 Å². The second-order valence-corrected chi connectivity index (χ2v) is 6.14. The highest BCUT2D eigenvalue weighted by Crippen LogP contribution is 2.30. The van der Waals surface area contributed by atoms with Crippen molar-refractivity contribution in [2.45, 2.75) is 38.1 Å². The van der Waals surface area contributed by atoms with Crippen LogP contribution in [0.5, 0.6) is 0 Å². The topological polar surface area (TPSA) is 61.4 Å². The average molecular weight is 265 g/mol. The number of hydrogen-bond donors (Lipinski definition) is 2. The Morgan fingerprint density at radius 1 is 1.26 bits per heavy atom. The van der Waals surface area contributed by atoms with Gasteiger partial charge in [0.05, 0.1) is 5.92 Å². The minimum Gasteiger partial charge on any atom is -0.355 e. The molecule has 2 heterocycles. The Kier molecular flexibility index (Phi) is 3.73. The van der Waals surface area contributed by atoms with Gasteiger partial charge in [-0.25, -0.2) is 0 Å². The molecular formula is C14H23N3O2. The summed E-state index contributed by atoms with van der Waals surface area (Å²) in [5.74, 6) is 0.688. The number of carbonyl (C=O) groups is 2. The molecule has 2 N–H and O–H groups in total. The SMILES string of the molecule is O=C1CC(C(=O)N(CC2CCCNC2)C2CC2)CN1. The number of nitrogens with zero attached hydrogens (tertiary/aromatic N) is 1. The number of rotatable bonds is 4. The summed E-state index contributed by atoms with van der Waals surface area (Å²) in [6, 6.07) is 0.449. The van der Waals surface area contributed by atoms with E-state index in [1.807, 2.05) is 0 Å². The lowest BCUT2D eigenvalue weighted by atomic mass is 9.98. The van der Waals surface area contributed by atoms with Gasteiger partial charge in [0, 0.05) is 25.6 Å². The Labute approximate surface area is 114 Å². The van der Waals surface area contributed by atoms with E-state index in [2.05, 4.69) is 15.5 Å². The molecule has 5 nitrogen and oxygen atoms in total. The highest BCUT2D eigenvalue weighted by atomic mass is 16.2. The zero-order chi connectivity index (χ0) is 13.2. The molecule has 3 rings (SSSR count). The maximum absolute atomic E-state index is 12.6. The molecular weight excluding hydrogens is 242 g/mol. The van der Waals surface area contributed by atoms with Crippen molar-refractivity contribution in [2.24, 2.45) is 11.8 Å². The first kappa shape index (κ1) is 12.9. The minimum absolute atomic E-state index is 0.0217. The van der Waals surface area contributed by atoms with Crippen LogP contribution < -0.4 is 10.6 Å². The summed E-state index contributed by atoms with van der Waals surface area (Å²) in [4.78, 5) is 25.9. The third-order valence-electron chi connectivity index (χ3n) is 4.45. The molecule has 0 bridgehead atoms. The van der Waals surface area contributed by atoms with Gasteiger partial charge in [0.1, 0.15) is 0 Å². The first-order valence-electron chi connectivity index (χ1n) is 7.52. The van der Waals surface area contributed by atoms with Crippen LogP contribution >= 0.6 is 0 Å². The molecule has 1 saturated carbocycles. The fourth-order valence-corrected chi connectivity index (χ4v) is 3.18. The van der Waals surface area contributed by atoms with Gasteiger partial charge >= 0.3 is 0 Å². The van der Waals surface area contributed by atoms with Crippen molar-refractivity contribution in [3.05, 3.63) is 0 Å². The van der Waals surface area contributed by atoms with Crippen molar-refractivity contribution < 1.29 is 9.59 Å². The normalized spacial score (nSPS) is 31.1.